The van der Waals surface area contributed by atoms with E-state index in [2.05, 4.69) is 4.52 Å². The van der Waals surface area contributed by atoms with Gasteiger partial charge in [0.25, 0.3) is 0 Å². The van der Waals surface area contributed by atoms with Crippen LogP contribution in [0.1, 0.15) is 33.1 Å². The number of phosphoric acid groups is 1. The van der Waals surface area contributed by atoms with Gasteiger partial charge in [0.2, 0.25) is 0 Å². The molecule has 0 amide bonds. The SMILES string of the molecule is CCCCC(=O)O[C@@H](COC(C)=O)COP(=O)(O)OCCN. The van der Waals surface area contributed by atoms with Crippen LogP contribution in [-0.2, 0) is 32.7 Å². The van der Waals surface area contributed by atoms with Crippen molar-refractivity contribution >= 4 is 19.8 Å². The van der Waals surface area contributed by atoms with E-state index in [0.717, 1.165) is 6.42 Å². The fraction of sp³-hybridized carbons (Fsp3) is 0.833. The van der Waals surface area contributed by atoms with Crippen LogP contribution in [0.5, 0.6) is 0 Å². The van der Waals surface area contributed by atoms with E-state index in [9.17, 15) is 19.0 Å². The molecule has 1 unspecified atom stereocenters. The molecule has 0 radical (unpaired) electrons. The summed E-state index contributed by atoms with van der Waals surface area (Å²) in [6.45, 7) is 2.30. The third-order valence-electron chi connectivity index (χ3n) is 2.30. The molecule has 130 valence electrons. The summed E-state index contributed by atoms with van der Waals surface area (Å²) in [6.07, 6.45) is 0.681. The van der Waals surface area contributed by atoms with Crippen molar-refractivity contribution in [2.45, 2.75) is 39.2 Å². The van der Waals surface area contributed by atoms with Gasteiger partial charge in [0.1, 0.15) is 6.61 Å². The molecule has 0 aromatic rings. The molecule has 0 aliphatic heterocycles. The molecular formula is C12H24NO8P. The van der Waals surface area contributed by atoms with Crippen LogP contribution in [0.3, 0.4) is 0 Å². The number of carbonyl (C=O) groups excluding carboxylic acids is 2. The molecule has 0 saturated carbocycles. The van der Waals surface area contributed by atoms with E-state index in [1.807, 2.05) is 6.92 Å². The van der Waals surface area contributed by atoms with Gasteiger partial charge in [0, 0.05) is 19.9 Å². The molecule has 0 aromatic carbocycles. The van der Waals surface area contributed by atoms with Crippen molar-refractivity contribution in [3.63, 3.8) is 0 Å². The lowest BCUT2D eigenvalue weighted by Crippen LogP contribution is -2.29. The summed E-state index contributed by atoms with van der Waals surface area (Å²) in [7, 11) is -4.29. The monoisotopic (exact) mass is 341 g/mol. The minimum absolute atomic E-state index is 0.0524. The average Bonchev–Trinajstić information content (AvgIpc) is 2.45. The normalized spacial score (nSPS) is 14.9. The molecule has 10 heteroatoms. The quantitative estimate of drug-likeness (QED) is 0.389. The predicted molar refractivity (Wildman–Crippen MR) is 76.8 cm³/mol. The first-order valence-corrected chi connectivity index (χ1v) is 8.45. The maximum atomic E-state index is 11.6. The Hall–Kier alpha value is -0.990. The third kappa shape index (κ3) is 11.6. The highest BCUT2D eigenvalue weighted by molar-refractivity contribution is 7.47. The number of phosphoric ester groups is 1. The van der Waals surface area contributed by atoms with Gasteiger partial charge in [-0.15, -0.1) is 0 Å². The Kier molecular flexibility index (Phi) is 11.0. The largest absolute Gasteiger partial charge is 0.472 e. The topological polar surface area (TPSA) is 134 Å². The fourth-order valence-corrected chi connectivity index (χ4v) is 2.04. The maximum absolute atomic E-state index is 11.6. The molecule has 0 spiro atoms. The van der Waals surface area contributed by atoms with Crippen LogP contribution in [0.4, 0.5) is 0 Å². The zero-order valence-corrected chi connectivity index (χ0v) is 13.8. The van der Waals surface area contributed by atoms with Crippen molar-refractivity contribution in [3.8, 4) is 0 Å². The van der Waals surface area contributed by atoms with Crippen LogP contribution in [0.15, 0.2) is 0 Å². The predicted octanol–water partition coefficient (Wildman–Crippen LogP) is 0.744. The van der Waals surface area contributed by atoms with Gasteiger partial charge >= 0.3 is 19.8 Å². The summed E-state index contributed by atoms with van der Waals surface area (Å²) in [5.74, 6) is -1.07. The molecule has 0 heterocycles. The maximum Gasteiger partial charge on any atom is 0.472 e. The highest BCUT2D eigenvalue weighted by Crippen LogP contribution is 2.42. The smallest absolute Gasteiger partial charge is 0.462 e. The number of unbranched alkanes of at least 4 members (excludes halogenated alkanes) is 1. The molecule has 0 fully saturated rings. The lowest BCUT2D eigenvalue weighted by Gasteiger charge is -2.19. The first kappa shape index (κ1) is 21.0. The Balaban J connectivity index is 4.42. The van der Waals surface area contributed by atoms with Crippen LogP contribution < -0.4 is 5.73 Å². The second kappa shape index (κ2) is 11.6. The van der Waals surface area contributed by atoms with Gasteiger partial charge in [-0.25, -0.2) is 4.57 Å². The number of nitrogens with two attached hydrogens (primary N) is 1. The number of rotatable bonds is 12. The highest BCUT2D eigenvalue weighted by Gasteiger charge is 2.25. The summed E-state index contributed by atoms with van der Waals surface area (Å²) in [6, 6.07) is 0. The summed E-state index contributed by atoms with van der Waals surface area (Å²) in [5, 5.41) is 0. The van der Waals surface area contributed by atoms with Gasteiger partial charge in [-0.2, -0.15) is 0 Å². The van der Waals surface area contributed by atoms with Crippen molar-refractivity contribution in [1.82, 2.24) is 0 Å². The van der Waals surface area contributed by atoms with Crippen LogP contribution in [0, 0.1) is 0 Å². The van der Waals surface area contributed by atoms with Crippen molar-refractivity contribution in [2.75, 3.05) is 26.4 Å². The Bertz CT molecular complexity index is 389. The zero-order valence-electron chi connectivity index (χ0n) is 12.9. The lowest BCUT2D eigenvalue weighted by atomic mass is 10.2. The number of ether oxygens (including phenoxy) is 2. The fourth-order valence-electron chi connectivity index (χ4n) is 1.28. The average molecular weight is 341 g/mol. The Morgan fingerprint density at radius 1 is 1.27 bits per heavy atom. The molecule has 0 aliphatic carbocycles. The van der Waals surface area contributed by atoms with E-state index in [-0.39, 0.29) is 26.2 Å². The summed E-state index contributed by atoms with van der Waals surface area (Å²) in [4.78, 5) is 31.7. The van der Waals surface area contributed by atoms with E-state index in [1.165, 1.54) is 6.92 Å². The van der Waals surface area contributed by atoms with Gasteiger partial charge < -0.3 is 20.1 Å². The zero-order chi connectivity index (χ0) is 17.0. The van der Waals surface area contributed by atoms with E-state index in [4.69, 9.17) is 19.7 Å². The first-order valence-electron chi connectivity index (χ1n) is 6.95. The Morgan fingerprint density at radius 3 is 2.50 bits per heavy atom. The van der Waals surface area contributed by atoms with Crippen LogP contribution in [0.25, 0.3) is 0 Å². The first-order chi connectivity index (χ1) is 10.3. The highest BCUT2D eigenvalue weighted by atomic mass is 31.2. The summed E-state index contributed by atoms with van der Waals surface area (Å²) < 4.78 is 30.5. The minimum Gasteiger partial charge on any atom is -0.462 e. The van der Waals surface area contributed by atoms with E-state index < -0.39 is 32.5 Å². The summed E-state index contributed by atoms with van der Waals surface area (Å²) in [5.41, 5.74) is 5.15. The molecule has 22 heavy (non-hydrogen) atoms. The summed E-state index contributed by atoms with van der Waals surface area (Å²) >= 11 is 0. The lowest BCUT2D eigenvalue weighted by molar-refractivity contribution is -0.160. The molecule has 0 saturated heterocycles. The second-order valence-electron chi connectivity index (χ2n) is 4.40. The van der Waals surface area contributed by atoms with Crippen molar-refractivity contribution < 1.29 is 37.6 Å². The number of carbonyl (C=O) groups is 2. The number of hydrogen-bond acceptors (Lipinski definition) is 8. The van der Waals surface area contributed by atoms with Crippen LogP contribution in [-0.4, -0.2) is 49.3 Å². The molecule has 0 aromatic heterocycles. The Labute approximate surface area is 129 Å². The molecular weight excluding hydrogens is 317 g/mol. The number of esters is 2. The number of hydrogen-bond donors (Lipinski definition) is 2. The second-order valence-corrected chi connectivity index (χ2v) is 5.86. The van der Waals surface area contributed by atoms with Gasteiger partial charge in [-0.1, -0.05) is 13.3 Å². The van der Waals surface area contributed by atoms with Gasteiger partial charge in [-0.3, -0.25) is 18.6 Å². The molecule has 0 rings (SSSR count). The van der Waals surface area contributed by atoms with Gasteiger partial charge in [0.15, 0.2) is 6.10 Å². The van der Waals surface area contributed by atoms with Gasteiger partial charge in [0.05, 0.1) is 13.2 Å². The van der Waals surface area contributed by atoms with Crippen molar-refractivity contribution in [3.05, 3.63) is 0 Å². The van der Waals surface area contributed by atoms with E-state index >= 15 is 0 Å². The van der Waals surface area contributed by atoms with E-state index in [1.54, 1.807) is 0 Å². The molecule has 9 nitrogen and oxygen atoms in total. The Morgan fingerprint density at radius 2 is 1.95 bits per heavy atom. The third-order valence-corrected chi connectivity index (χ3v) is 3.29. The molecule has 0 aliphatic rings. The van der Waals surface area contributed by atoms with Crippen molar-refractivity contribution in [1.29, 1.82) is 0 Å². The van der Waals surface area contributed by atoms with E-state index in [0.29, 0.717) is 6.42 Å². The van der Waals surface area contributed by atoms with Crippen molar-refractivity contribution in [2.24, 2.45) is 5.73 Å². The molecule has 3 N–H and O–H groups in total. The van der Waals surface area contributed by atoms with Crippen LogP contribution >= 0.6 is 7.82 Å². The minimum atomic E-state index is -4.29. The molecule has 2 atom stereocenters. The molecule has 0 bridgehead atoms. The van der Waals surface area contributed by atoms with Crippen LogP contribution in [0.2, 0.25) is 0 Å². The standard InChI is InChI=1S/C12H24NO8P/c1-3-4-5-12(15)21-11(8-18-10(2)14)9-20-22(16,17)19-7-6-13/h11H,3-9,13H2,1-2H3,(H,16,17)/t11-/m0/s1. The van der Waals surface area contributed by atoms with Gasteiger partial charge in [-0.05, 0) is 6.42 Å².